The smallest absolute Gasteiger partial charge is 0.416 e. The van der Waals surface area contributed by atoms with E-state index >= 15 is 0 Å². The molecule has 2 fully saturated rings. The van der Waals surface area contributed by atoms with Crippen LogP contribution in [-0.4, -0.2) is 49.5 Å². The third-order valence-corrected chi connectivity index (χ3v) is 6.08. The number of amides is 1. The summed E-state index contributed by atoms with van der Waals surface area (Å²) in [5.74, 6) is 1.02. The molecule has 2 heterocycles. The molecule has 2 aliphatic heterocycles. The van der Waals surface area contributed by atoms with Gasteiger partial charge in [-0.2, -0.15) is 13.2 Å². The highest BCUT2D eigenvalue weighted by molar-refractivity contribution is 5.94. The number of benzene rings is 2. The molecule has 1 amide bonds. The van der Waals surface area contributed by atoms with E-state index in [1.54, 1.807) is 12.0 Å². The quantitative estimate of drug-likeness (QED) is 0.704. The van der Waals surface area contributed by atoms with Crippen molar-refractivity contribution >= 4 is 18.3 Å². The summed E-state index contributed by atoms with van der Waals surface area (Å²) in [5.41, 5.74) is 0.460. The molecule has 0 bridgehead atoms. The third-order valence-electron chi connectivity index (χ3n) is 6.08. The summed E-state index contributed by atoms with van der Waals surface area (Å²) in [4.78, 5) is 16.9. The zero-order chi connectivity index (χ0) is 20.8. The number of fused-ring (bicyclic) bond motifs is 1. The molecule has 0 N–H and O–H groups in total. The molecule has 4 rings (SSSR count). The lowest BCUT2D eigenvalue weighted by molar-refractivity contribution is -0.137. The summed E-state index contributed by atoms with van der Waals surface area (Å²) in [5, 5.41) is 0. The standard InChI is InChI=1S/C22H23F3N2O2.ClH/c1-26-11-16-12-27(21(28)15-4-3-5-17(10-15)22(23,24)25)13-19(16)20(26)14-6-8-18(29-2)9-7-14;/h3-10,16,19-20H,11-13H2,1-2H3;1H/t16-,19+,20+;/m0./s1. The molecule has 2 saturated heterocycles. The van der Waals surface area contributed by atoms with E-state index < -0.39 is 11.7 Å². The molecule has 2 aliphatic rings. The molecule has 0 aliphatic carbocycles. The Bertz CT molecular complexity index is 904. The molecule has 4 nitrogen and oxygen atoms in total. The van der Waals surface area contributed by atoms with E-state index in [9.17, 15) is 18.0 Å². The van der Waals surface area contributed by atoms with Crippen molar-refractivity contribution < 1.29 is 22.7 Å². The van der Waals surface area contributed by atoms with Gasteiger partial charge in [0.15, 0.2) is 0 Å². The minimum absolute atomic E-state index is 0. The van der Waals surface area contributed by atoms with Crippen molar-refractivity contribution in [1.82, 2.24) is 9.80 Å². The van der Waals surface area contributed by atoms with Gasteiger partial charge in [0, 0.05) is 37.2 Å². The van der Waals surface area contributed by atoms with E-state index in [4.69, 9.17) is 4.74 Å². The second-order valence-electron chi connectivity index (χ2n) is 7.87. The van der Waals surface area contributed by atoms with Crippen LogP contribution in [0.5, 0.6) is 5.75 Å². The molecule has 0 spiro atoms. The molecule has 0 unspecified atom stereocenters. The summed E-state index contributed by atoms with van der Waals surface area (Å²) >= 11 is 0. The number of halogens is 4. The average Bonchev–Trinajstić information content (AvgIpc) is 3.23. The van der Waals surface area contributed by atoms with Crippen LogP contribution < -0.4 is 4.74 Å². The van der Waals surface area contributed by atoms with Crippen LogP contribution in [-0.2, 0) is 6.18 Å². The number of carbonyl (C=O) groups is 1. The summed E-state index contributed by atoms with van der Waals surface area (Å²) in [6.45, 7) is 1.96. The van der Waals surface area contributed by atoms with Gasteiger partial charge in [-0.1, -0.05) is 18.2 Å². The molecule has 2 aromatic carbocycles. The van der Waals surface area contributed by atoms with Crippen molar-refractivity contribution in [3.63, 3.8) is 0 Å². The number of hydrogen-bond acceptors (Lipinski definition) is 3. The fourth-order valence-corrected chi connectivity index (χ4v) is 4.74. The summed E-state index contributed by atoms with van der Waals surface area (Å²) in [7, 11) is 3.70. The molecular formula is C22H24ClF3N2O2. The van der Waals surface area contributed by atoms with Crippen LogP contribution in [0.25, 0.3) is 0 Å². The highest BCUT2D eigenvalue weighted by Gasteiger charge is 2.47. The Morgan fingerprint density at radius 1 is 1.07 bits per heavy atom. The van der Waals surface area contributed by atoms with Crippen LogP contribution in [0.1, 0.15) is 27.5 Å². The van der Waals surface area contributed by atoms with Crippen molar-refractivity contribution in [3.05, 3.63) is 65.2 Å². The van der Waals surface area contributed by atoms with Crippen LogP contribution in [0, 0.1) is 11.8 Å². The molecule has 162 valence electrons. The van der Waals surface area contributed by atoms with Gasteiger partial charge in [0.2, 0.25) is 0 Å². The van der Waals surface area contributed by atoms with E-state index in [0.29, 0.717) is 19.0 Å². The Balaban J connectivity index is 0.00000256. The van der Waals surface area contributed by atoms with E-state index in [0.717, 1.165) is 30.0 Å². The summed E-state index contributed by atoms with van der Waals surface area (Å²) < 4.78 is 44.2. The van der Waals surface area contributed by atoms with Gasteiger partial charge in [-0.25, -0.2) is 0 Å². The number of hydrogen-bond donors (Lipinski definition) is 0. The first-order chi connectivity index (χ1) is 13.8. The van der Waals surface area contributed by atoms with Crippen LogP contribution in [0.3, 0.4) is 0 Å². The first-order valence-electron chi connectivity index (χ1n) is 9.58. The Labute approximate surface area is 180 Å². The summed E-state index contributed by atoms with van der Waals surface area (Å²) in [6.07, 6.45) is -4.46. The van der Waals surface area contributed by atoms with Gasteiger partial charge in [0.05, 0.1) is 12.7 Å². The zero-order valence-corrected chi connectivity index (χ0v) is 17.5. The molecule has 3 atom stereocenters. The lowest BCUT2D eigenvalue weighted by Crippen LogP contribution is -2.33. The monoisotopic (exact) mass is 440 g/mol. The Hall–Kier alpha value is -2.25. The molecule has 0 saturated carbocycles. The van der Waals surface area contributed by atoms with E-state index in [1.807, 2.05) is 24.3 Å². The topological polar surface area (TPSA) is 32.8 Å². The van der Waals surface area contributed by atoms with Crippen molar-refractivity contribution in [2.24, 2.45) is 11.8 Å². The first kappa shape index (κ1) is 22.4. The Kier molecular flexibility index (Phi) is 6.34. The van der Waals surface area contributed by atoms with Gasteiger partial charge in [0.25, 0.3) is 5.91 Å². The second kappa shape index (κ2) is 8.47. The maximum absolute atomic E-state index is 13.0. The number of alkyl halides is 3. The number of nitrogens with zero attached hydrogens (tertiary/aromatic N) is 2. The minimum Gasteiger partial charge on any atom is -0.497 e. The molecule has 8 heteroatoms. The lowest BCUT2D eigenvalue weighted by Gasteiger charge is -2.27. The predicted molar refractivity (Wildman–Crippen MR) is 110 cm³/mol. The number of ether oxygens (including phenoxy) is 1. The van der Waals surface area contributed by atoms with Crippen molar-refractivity contribution in [3.8, 4) is 5.75 Å². The fourth-order valence-electron chi connectivity index (χ4n) is 4.74. The van der Waals surface area contributed by atoms with Crippen LogP contribution in [0.2, 0.25) is 0 Å². The van der Waals surface area contributed by atoms with Crippen molar-refractivity contribution in [1.29, 1.82) is 0 Å². The predicted octanol–water partition coefficient (Wildman–Crippen LogP) is 4.51. The Morgan fingerprint density at radius 3 is 2.40 bits per heavy atom. The van der Waals surface area contributed by atoms with Gasteiger partial charge >= 0.3 is 6.18 Å². The fraction of sp³-hybridized carbons (Fsp3) is 0.409. The molecule has 2 aromatic rings. The molecule has 0 radical (unpaired) electrons. The van der Waals surface area contributed by atoms with E-state index in [2.05, 4.69) is 11.9 Å². The maximum atomic E-state index is 13.0. The first-order valence-corrected chi connectivity index (χ1v) is 9.58. The minimum atomic E-state index is -4.46. The van der Waals surface area contributed by atoms with Gasteiger partial charge in [-0.05, 0) is 48.9 Å². The van der Waals surface area contributed by atoms with Gasteiger partial charge in [-0.3, -0.25) is 9.69 Å². The highest BCUT2D eigenvalue weighted by atomic mass is 35.5. The second-order valence-corrected chi connectivity index (χ2v) is 7.87. The number of likely N-dealkylation sites (tertiary alicyclic amines) is 2. The Morgan fingerprint density at radius 2 is 1.77 bits per heavy atom. The molecular weight excluding hydrogens is 417 g/mol. The summed E-state index contributed by atoms with van der Waals surface area (Å²) in [6, 6.07) is 12.8. The van der Waals surface area contributed by atoms with Crippen LogP contribution in [0.4, 0.5) is 13.2 Å². The highest BCUT2D eigenvalue weighted by Crippen LogP contribution is 2.44. The van der Waals surface area contributed by atoms with Gasteiger partial charge in [0.1, 0.15) is 5.75 Å². The van der Waals surface area contributed by atoms with Crippen LogP contribution >= 0.6 is 12.4 Å². The number of methoxy groups -OCH3 is 1. The molecule has 30 heavy (non-hydrogen) atoms. The van der Waals surface area contributed by atoms with E-state index in [-0.39, 0.29) is 35.8 Å². The third kappa shape index (κ3) is 4.14. The number of rotatable bonds is 3. The normalized spacial score (nSPS) is 23.8. The molecule has 0 aromatic heterocycles. The van der Waals surface area contributed by atoms with Crippen LogP contribution in [0.15, 0.2) is 48.5 Å². The number of carbonyl (C=O) groups excluding carboxylic acids is 1. The average molecular weight is 441 g/mol. The zero-order valence-electron chi connectivity index (χ0n) is 16.7. The largest absolute Gasteiger partial charge is 0.497 e. The lowest BCUT2D eigenvalue weighted by atomic mass is 9.89. The van der Waals surface area contributed by atoms with Gasteiger partial charge < -0.3 is 9.64 Å². The van der Waals surface area contributed by atoms with Crippen molar-refractivity contribution in [2.75, 3.05) is 33.8 Å². The van der Waals surface area contributed by atoms with Crippen molar-refractivity contribution in [2.45, 2.75) is 12.2 Å². The van der Waals surface area contributed by atoms with Gasteiger partial charge in [-0.15, -0.1) is 12.4 Å². The maximum Gasteiger partial charge on any atom is 0.416 e. The van der Waals surface area contributed by atoms with E-state index in [1.165, 1.54) is 12.1 Å². The SMILES string of the molecule is COc1ccc([C@@H]2[C@@H]3CN(C(=O)c4cccc(C(F)(F)F)c4)C[C@@H]3CN2C)cc1.Cl.